The third-order valence-corrected chi connectivity index (χ3v) is 4.25. The molecule has 2 aliphatic heterocycles. The Hall–Kier alpha value is -1.30. The van der Waals surface area contributed by atoms with Gasteiger partial charge in [-0.2, -0.15) is 0 Å². The lowest BCUT2D eigenvalue weighted by molar-refractivity contribution is -0.150. The van der Waals surface area contributed by atoms with Gasteiger partial charge in [-0.15, -0.1) is 0 Å². The van der Waals surface area contributed by atoms with Gasteiger partial charge >= 0.3 is 12.0 Å². The lowest BCUT2D eigenvalue weighted by atomic mass is 9.82. The fraction of sp³-hybridized carbons (Fsp3) is 0.857. The molecule has 0 aromatic rings. The number of amides is 2. The molecule has 0 spiro atoms. The Balaban J connectivity index is 1.81. The standard InChI is InChI=1S/C14H24N2O4/c1-14(12(17)18)6-4-7-16(10-14)13(19)15-9-11-5-2-3-8-20-11/h11H,2-10H2,1H3,(H,15,19)(H,17,18). The van der Waals surface area contributed by atoms with E-state index in [-0.39, 0.29) is 18.7 Å². The maximum Gasteiger partial charge on any atom is 0.317 e. The number of carbonyl (C=O) groups is 2. The topological polar surface area (TPSA) is 78.9 Å². The van der Waals surface area contributed by atoms with E-state index < -0.39 is 11.4 Å². The summed E-state index contributed by atoms with van der Waals surface area (Å²) >= 11 is 0. The Bertz CT molecular complexity index is 368. The van der Waals surface area contributed by atoms with E-state index in [1.165, 1.54) is 0 Å². The van der Waals surface area contributed by atoms with E-state index in [4.69, 9.17) is 4.74 Å². The van der Waals surface area contributed by atoms with E-state index in [1.54, 1.807) is 11.8 Å². The first kappa shape index (κ1) is 15.1. The molecule has 0 radical (unpaired) electrons. The first-order valence-corrected chi connectivity index (χ1v) is 7.39. The van der Waals surface area contributed by atoms with Crippen LogP contribution in [-0.2, 0) is 9.53 Å². The van der Waals surface area contributed by atoms with Crippen molar-refractivity contribution in [3.63, 3.8) is 0 Å². The van der Waals surface area contributed by atoms with E-state index >= 15 is 0 Å². The number of nitrogens with zero attached hydrogens (tertiary/aromatic N) is 1. The Kier molecular flexibility index (Phi) is 4.86. The largest absolute Gasteiger partial charge is 0.481 e. The van der Waals surface area contributed by atoms with Crippen LogP contribution in [0.3, 0.4) is 0 Å². The summed E-state index contributed by atoms with van der Waals surface area (Å²) in [5.74, 6) is -0.828. The molecule has 2 aliphatic rings. The molecule has 2 amide bonds. The number of carboxylic acid groups (broad SMARTS) is 1. The van der Waals surface area contributed by atoms with E-state index in [9.17, 15) is 14.7 Å². The number of urea groups is 1. The molecule has 0 bridgehead atoms. The predicted octanol–water partition coefficient (Wildman–Crippen LogP) is 1.45. The SMILES string of the molecule is CC1(C(=O)O)CCCN(C(=O)NCC2CCCCO2)C1. The molecule has 0 aromatic carbocycles. The molecule has 2 saturated heterocycles. The average Bonchev–Trinajstić information content (AvgIpc) is 2.46. The van der Waals surface area contributed by atoms with Gasteiger partial charge < -0.3 is 20.1 Å². The number of hydrogen-bond donors (Lipinski definition) is 2. The van der Waals surface area contributed by atoms with Crippen LogP contribution in [0.5, 0.6) is 0 Å². The Morgan fingerprint density at radius 2 is 2.20 bits per heavy atom. The molecule has 6 nitrogen and oxygen atoms in total. The van der Waals surface area contributed by atoms with Gasteiger partial charge in [-0.1, -0.05) is 0 Å². The summed E-state index contributed by atoms with van der Waals surface area (Å²) in [6.45, 7) is 3.89. The maximum absolute atomic E-state index is 12.1. The second kappa shape index (κ2) is 6.43. The highest BCUT2D eigenvalue weighted by atomic mass is 16.5. The van der Waals surface area contributed by atoms with Gasteiger partial charge in [-0.05, 0) is 39.0 Å². The number of rotatable bonds is 3. The van der Waals surface area contributed by atoms with Crippen molar-refractivity contribution >= 4 is 12.0 Å². The number of hydrogen-bond acceptors (Lipinski definition) is 3. The third kappa shape index (κ3) is 3.62. The van der Waals surface area contributed by atoms with Gasteiger partial charge in [0.15, 0.2) is 0 Å². The van der Waals surface area contributed by atoms with Crippen LogP contribution < -0.4 is 5.32 Å². The molecule has 114 valence electrons. The number of likely N-dealkylation sites (tertiary alicyclic amines) is 1. The molecule has 2 N–H and O–H groups in total. The quantitative estimate of drug-likeness (QED) is 0.822. The van der Waals surface area contributed by atoms with Crippen molar-refractivity contribution in [2.75, 3.05) is 26.2 Å². The molecule has 2 unspecified atom stereocenters. The summed E-state index contributed by atoms with van der Waals surface area (Å²) in [6.07, 6.45) is 4.67. The number of ether oxygens (including phenoxy) is 1. The monoisotopic (exact) mass is 284 g/mol. The first-order chi connectivity index (χ1) is 9.51. The summed E-state index contributed by atoms with van der Waals surface area (Å²) in [7, 11) is 0. The van der Waals surface area contributed by atoms with Gasteiger partial charge in [0.05, 0.1) is 11.5 Å². The highest BCUT2D eigenvalue weighted by Gasteiger charge is 2.39. The van der Waals surface area contributed by atoms with Gasteiger partial charge in [0, 0.05) is 26.2 Å². The minimum Gasteiger partial charge on any atom is -0.481 e. The minimum atomic E-state index is -0.828. The Labute approximate surface area is 119 Å². The average molecular weight is 284 g/mol. The molecule has 20 heavy (non-hydrogen) atoms. The molecule has 2 atom stereocenters. The number of piperidine rings is 1. The first-order valence-electron chi connectivity index (χ1n) is 7.39. The maximum atomic E-state index is 12.1. The van der Waals surface area contributed by atoms with E-state index in [1.807, 2.05) is 0 Å². The van der Waals surface area contributed by atoms with Crippen LogP contribution in [-0.4, -0.2) is 54.4 Å². The normalized spacial score (nSPS) is 30.9. The predicted molar refractivity (Wildman–Crippen MR) is 73.5 cm³/mol. The number of aliphatic carboxylic acids is 1. The van der Waals surface area contributed by atoms with Crippen molar-refractivity contribution in [2.45, 2.75) is 45.1 Å². The zero-order valence-corrected chi connectivity index (χ0v) is 12.1. The smallest absolute Gasteiger partial charge is 0.317 e. The summed E-state index contributed by atoms with van der Waals surface area (Å²) in [6, 6.07) is -0.175. The number of nitrogens with one attached hydrogen (secondary N) is 1. The van der Waals surface area contributed by atoms with Gasteiger partial charge in [-0.3, -0.25) is 4.79 Å². The lowest BCUT2D eigenvalue weighted by Crippen LogP contribution is -2.52. The Morgan fingerprint density at radius 3 is 2.85 bits per heavy atom. The zero-order chi connectivity index (χ0) is 14.6. The third-order valence-electron chi connectivity index (χ3n) is 4.25. The van der Waals surface area contributed by atoms with Crippen LogP contribution in [0.2, 0.25) is 0 Å². The molecule has 0 aromatic heterocycles. The summed E-state index contributed by atoms with van der Waals surface area (Å²) in [5, 5.41) is 12.1. The summed E-state index contributed by atoms with van der Waals surface area (Å²) in [5.41, 5.74) is -0.822. The van der Waals surface area contributed by atoms with E-state index in [0.717, 1.165) is 32.3 Å². The van der Waals surface area contributed by atoms with Crippen molar-refractivity contribution in [1.82, 2.24) is 10.2 Å². The summed E-state index contributed by atoms with van der Waals surface area (Å²) in [4.78, 5) is 25.0. The molecular formula is C14H24N2O4. The number of carboxylic acids is 1. The molecule has 6 heteroatoms. The molecular weight excluding hydrogens is 260 g/mol. The fourth-order valence-corrected chi connectivity index (χ4v) is 2.87. The molecule has 0 aliphatic carbocycles. The van der Waals surface area contributed by atoms with Crippen molar-refractivity contribution in [3.05, 3.63) is 0 Å². The zero-order valence-electron chi connectivity index (χ0n) is 12.1. The van der Waals surface area contributed by atoms with Crippen LogP contribution in [0, 0.1) is 5.41 Å². The molecule has 2 heterocycles. The van der Waals surface area contributed by atoms with Crippen LogP contribution in [0.25, 0.3) is 0 Å². The number of carbonyl (C=O) groups excluding carboxylic acids is 1. The highest BCUT2D eigenvalue weighted by molar-refractivity contribution is 5.78. The van der Waals surface area contributed by atoms with Crippen molar-refractivity contribution in [1.29, 1.82) is 0 Å². The Morgan fingerprint density at radius 1 is 1.40 bits per heavy atom. The molecule has 0 saturated carbocycles. The highest BCUT2D eigenvalue weighted by Crippen LogP contribution is 2.29. The van der Waals surface area contributed by atoms with Crippen LogP contribution in [0.15, 0.2) is 0 Å². The van der Waals surface area contributed by atoms with E-state index in [2.05, 4.69) is 5.32 Å². The molecule has 2 rings (SSSR count). The van der Waals surface area contributed by atoms with Crippen LogP contribution >= 0.6 is 0 Å². The van der Waals surface area contributed by atoms with Gasteiger partial charge in [-0.25, -0.2) is 4.79 Å². The minimum absolute atomic E-state index is 0.100. The van der Waals surface area contributed by atoms with Gasteiger partial charge in [0.25, 0.3) is 0 Å². The molecule has 2 fully saturated rings. The second-order valence-corrected chi connectivity index (χ2v) is 6.07. The summed E-state index contributed by atoms with van der Waals surface area (Å²) < 4.78 is 5.57. The van der Waals surface area contributed by atoms with Gasteiger partial charge in [0.1, 0.15) is 0 Å². The van der Waals surface area contributed by atoms with E-state index in [0.29, 0.717) is 19.5 Å². The van der Waals surface area contributed by atoms with Crippen molar-refractivity contribution in [3.8, 4) is 0 Å². The van der Waals surface area contributed by atoms with Crippen LogP contribution in [0.4, 0.5) is 4.79 Å². The van der Waals surface area contributed by atoms with Crippen molar-refractivity contribution < 1.29 is 19.4 Å². The second-order valence-electron chi connectivity index (χ2n) is 6.07. The fourth-order valence-electron chi connectivity index (χ4n) is 2.87. The van der Waals surface area contributed by atoms with Crippen LogP contribution in [0.1, 0.15) is 39.0 Å². The van der Waals surface area contributed by atoms with Crippen molar-refractivity contribution in [2.24, 2.45) is 5.41 Å². The van der Waals surface area contributed by atoms with Gasteiger partial charge in [0.2, 0.25) is 0 Å². The lowest BCUT2D eigenvalue weighted by Gasteiger charge is -2.37.